The molecular weight excluding hydrogens is 718 g/mol. The summed E-state index contributed by atoms with van der Waals surface area (Å²) in [6, 6.07) is 20.0. The Balaban J connectivity index is 1.38. The minimum Gasteiger partial charge on any atom is -0.478 e. The monoisotopic (exact) mass is 742 g/mol. The highest BCUT2D eigenvalue weighted by Gasteiger charge is 2.31. The number of carboxylic acid groups (broad SMARTS) is 2. The first-order valence-electron chi connectivity index (χ1n) is 16.1. The van der Waals surface area contributed by atoms with E-state index in [0.717, 1.165) is 24.3 Å². The Hall–Kier alpha value is -6.70. The first-order valence-corrected chi connectivity index (χ1v) is 16.1. The highest BCUT2D eigenvalue weighted by atomic mass is 19.4. The van der Waals surface area contributed by atoms with Gasteiger partial charge in [0.2, 0.25) is 0 Å². The van der Waals surface area contributed by atoms with Crippen molar-refractivity contribution in [3.05, 3.63) is 142 Å². The molecule has 0 saturated heterocycles. The first-order chi connectivity index (χ1) is 25.5. The fraction of sp³-hybridized carbons (Fsp3) is 0.100. The number of carboxylic acids is 2. The van der Waals surface area contributed by atoms with Crippen LogP contribution in [0.3, 0.4) is 0 Å². The van der Waals surface area contributed by atoms with Gasteiger partial charge in [-0.3, -0.25) is 9.59 Å². The van der Waals surface area contributed by atoms with Crippen LogP contribution in [0.4, 0.5) is 26.3 Å². The first kappa shape index (κ1) is 35.7. The lowest BCUT2D eigenvalue weighted by Gasteiger charge is -2.20. The molecule has 0 bridgehead atoms. The smallest absolute Gasteiger partial charge is 0.416 e. The molecule has 8 nitrogen and oxygen atoms in total. The molecule has 0 aliphatic carbocycles. The van der Waals surface area contributed by atoms with E-state index >= 15 is 0 Å². The molecular formula is C40H24F6N2O6. The molecule has 0 heterocycles. The van der Waals surface area contributed by atoms with Gasteiger partial charge in [0.25, 0.3) is 11.8 Å². The van der Waals surface area contributed by atoms with Crippen molar-refractivity contribution >= 4 is 66.8 Å². The van der Waals surface area contributed by atoms with E-state index in [0.29, 0.717) is 43.4 Å². The lowest BCUT2D eigenvalue weighted by molar-refractivity contribution is -0.138. The van der Waals surface area contributed by atoms with E-state index in [1.165, 1.54) is 60.7 Å². The predicted octanol–water partition coefficient (Wildman–Crippen LogP) is 9.03. The quantitative estimate of drug-likeness (QED) is 0.0698. The second kappa shape index (κ2) is 13.1. The van der Waals surface area contributed by atoms with Gasteiger partial charge in [-0.2, -0.15) is 26.3 Å². The number of hydrogen-bond acceptors (Lipinski definition) is 4. The van der Waals surface area contributed by atoms with Crippen LogP contribution >= 0.6 is 0 Å². The molecule has 0 aliphatic rings. The number of amides is 2. The summed E-state index contributed by atoms with van der Waals surface area (Å²) < 4.78 is 78.6. The van der Waals surface area contributed by atoms with Crippen molar-refractivity contribution in [1.29, 1.82) is 0 Å². The number of alkyl halides is 6. The highest BCUT2D eigenvalue weighted by Crippen LogP contribution is 2.44. The molecule has 0 radical (unpaired) electrons. The average molecular weight is 743 g/mol. The lowest BCUT2D eigenvalue weighted by Crippen LogP contribution is -2.26. The van der Waals surface area contributed by atoms with Crippen molar-refractivity contribution in [2.75, 3.05) is 0 Å². The average Bonchev–Trinajstić information content (AvgIpc) is 3.13. The molecule has 7 aromatic rings. The zero-order valence-corrected chi connectivity index (χ0v) is 27.4. The van der Waals surface area contributed by atoms with Gasteiger partial charge in [0.05, 0.1) is 22.3 Å². The van der Waals surface area contributed by atoms with Gasteiger partial charge in [0.1, 0.15) is 0 Å². The van der Waals surface area contributed by atoms with Gasteiger partial charge in [0, 0.05) is 35.0 Å². The third kappa shape index (κ3) is 6.25. The maximum atomic E-state index is 13.9. The van der Waals surface area contributed by atoms with Crippen LogP contribution in [0, 0.1) is 0 Å². The lowest BCUT2D eigenvalue weighted by atomic mass is 9.84. The number of halogens is 6. The van der Waals surface area contributed by atoms with E-state index < -0.39 is 47.2 Å². The zero-order chi connectivity index (χ0) is 38.7. The maximum absolute atomic E-state index is 13.9. The van der Waals surface area contributed by atoms with Gasteiger partial charge in [-0.05, 0) is 92.0 Å². The highest BCUT2D eigenvalue weighted by molar-refractivity contribution is 6.38. The molecule has 0 atom stereocenters. The Bertz CT molecular complexity index is 2490. The SMILES string of the molecule is O=C(O)c1ccc2c3ccc(C(=O)NCc4ccc(C(F)(F)F)cc4)c4c(C(=O)NCc5ccc(C(F)(F)F)cc5)ccc(c5ccc(C(=O)O)c1c25)c43. The molecule has 0 aliphatic heterocycles. The number of nitrogens with one attached hydrogen (secondary N) is 2. The van der Waals surface area contributed by atoms with E-state index in [1.807, 2.05) is 0 Å². The van der Waals surface area contributed by atoms with E-state index in [9.17, 15) is 55.7 Å². The fourth-order valence-corrected chi connectivity index (χ4v) is 6.80. The Morgan fingerprint density at radius 1 is 0.426 bits per heavy atom. The Morgan fingerprint density at radius 2 is 0.722 bits per heavy atom. The number of carbonyl (C=O) groups excluding carboxylic acids is 2. The van der Waals surface area contributed by atoms with E-state index in [2.05, 4.69) is 10.6 Å². The largest absolute Gasteiger partial charge is 0.478 e. The van der Waals surface area contributed by atoms with E-state index in [-0.39, 0.29) is 46.1 Å². The fourth-order valence-electron chi connectivity index (χ4n) is 6.80. The van der Waals surface area contributed by atoms with Crippen LogP contribution in [0.1, 0.15) is 63.7 Å². The van der Waals surface area contributed by atoms with Crippen molar-refractivity contribution in [2.24, 2.45) is 0 Å². The Labute approximate surface area is 299 Å². The van der Waals surface area contributed by atoms with E-state index in [4.69, 9.17) is 0 Å². The summed E-state index contributed by atoms with van der Waals surface area (Å²) in [6.07, 6.45) is -9.11. The molecule has 0 unspecified atom stereocenters. The second-order valence-electron chi connectivity index (χ2n) is 12.5. The molecule has 14 heteroatoms. The third-order valence-corrected chi connectivity index (χ3v) is 9.32. The van der Waals surface area contributed by atoms with Crippen molar-refractivity contribution in [3.63, 3.8) is 0 Å². The molecule has 0 aromatic heterocycles. The van der Waals surface area contributed by atoms with Gasteiger partial charge in [-0.1, -0.05) is 48.5 Å². The molecule has 7 aromatic carbocycles. The van der Waals surface area contributed by atoms with Crippen LogP contribution in [0.15, 0.2) is 97.1 Å². The van der Waals surface area contributed by atoms with Gasteiger partial charge in [0.15, 0.2) is 0 Å². The summed E-state index contributed by atoms with van der Waals surface area (Å²) in [4.78, 5) is 52.3. The molecule has 4 N–H and O–H groups in total. The zero-order valence-electron chi connectivity index (χ0n) is 27.4. The number of fused-ring (bicyclic) bond motifs is 2. The number of benzene rings is 7. The molecule has 54 heavy (non-hydrogen) atoms. The summed E-state index contributed by atoms with van der Waals surface area (Å²) >= 11 is 0. The van der Waals surface area contributed by atoms with Crippen LogP contribution in [0.5, 0.6) is 0 Å². The summed E-state index contributed by atoms with van der Waals surface area (Å²) in [6.45, 7) is -0.346. The minimum atomic E-state index is -4.55. The Morgan fingerprint density at radius 3 is 1.02 bits per heavy atom. The number of aromatic carboxylic acids is 2. The van der Waals surface area contributed by atoms with E-state index in [1.54, 1.807) is 12.1 Å². The van der Waals surface area contributed by atoms with Crippen molar-refractivity contribution in [3.8, 4) is 0 Å². The molecule has 0 saturated carbocycles. The van der Waals surface area contributed by atoms with Crippen LogP contribution < -0.4 is 10.6 Å². The summed E-state index contributed by atoms with van der Waals surface area (Å²) in [7, 11) is 0. The van der Waals surface area contributed by atoms with Gasteiger partial charge in [-0.15, -0.1) is 0 Å². The van der Waals surface area contributed by atoms with Crippen molar-refractivity contribution < 1.29 is 55.7 Å². The van der Waals surface area contributed by atoms with Gasteiger partial charge in [-0.25, -0.2) is 9.59 Å². The normalized spacial score (nSPS) is 12.1. The number of carbonyl (C=O) groups is 4. The number of rotatable bonds is 8. The summed E-state index contributed by atoms with van der Waals surface area (Å²) in [5.74, 6) is -4.07. The minimum absolute atomic E-state index is 0.00574. The topological polar surface area (TPSA) is 133 Å². The standard InChI is InChI=1S/C40H24F6N2O6/c41-39(42,43)21-5-1-19(2-6-21)17-47-35(49)27-13-9-23-25-11-15-29(37(51)52)34-30(38(53)54)16-12-26(32(25)34)24-10-14-28(33(27)31(23)24)36(50)48-18-20-3-7-22(8-4-20)40(44,45)46/h1-16H,17-18H2,(H,47,49)(H,48,50)(H,51,52)(H,53,54). The van der Waals surface area contributed by atoms with Gasteiger partial charge < -0.3 is 20.8 Å². The summed E-state index contributed by atoms with van der Waals surface area (Å²) in [5.41, 5.74) is -1.49. The van der Waals surface area contributed by atoms with Gasteiger partial charge >= 0.3 is 24.3 Å². The van der Waals surface area contributed by atoms with Crippen LogP contribution in [0.2, 0.25) is 0 Å². The molecule has 0 fully saturated rings. The second-order valence-corrected chi connectivity index (χ2v) is 12.5. The predicted molar refractivity (Wildman–Crippen MR) is 187 cm³/mol. The number of hydrogen-bond donors (Lipinski definition) is 4. The summed E-state index contributed by atoms with van der Waals surface area (Å²) in [5, 5.41) is 28.0. The Kier molecular flexibility index (Phi) is 8.63. The van der Waals surface area contributed by atoms with Crippen LogP contribution in [-0.2, 0) is 25.4 Å². The molecule has 0 spiro atoms. The molecule has 2 amide bonds. The van der Waals surface area contributed by atoms with Crippen LogP contribution in [-0.4, -0.2) is 34.0 Å². The molecule has 272 valence electrons. The van der Waals surface area contributed by atoms with Crippen molar-refractivity contribution in [1.82, 2.24) is 10.6 Å². The molecule has 7 rings (SSSR count). The van der Waals surface area contributed by atoms with Crippen LogP contribution in [0.25, 0.3) is 43.1 Å². The third-order valence-electron chi connectivity index (χ3n) is 9.32. The maximum Gasteiger partial charge on any atom is 0.416 e. The van der Waals surface area contributed by atoms with Crippen molar-refractivity contribution in [2.45, 2.75) is 25.4 Å².